The Labute approximate surface area is 154 Å². The van der Waals surface area contributed by atoms with Crippen molar-refractivity contribution in [2.45, 2.75) is 6.04 Å². The number of urea groups is 1. The highest BCUT2D eigenvalue weighted by Crippen LogP contribution is 2.22. The monoisotopic (exact) mass is 351 g/mol. The van der Waals surface area contributed by atoms with Crippen LogP contribution in [-0.2, 0) is 7.05 Å². The Balaban J connectivity index is 1.79. The number of carbonyl (C=O) groups excluding carboxylic acids is 1. The second-order valence-corrected chi connectivity index (χ2v) is 6.77. The highest BCUT2D eigenvalue weighted by molar-refractivity contribution is 5.92. The summed E-state index contributed by atoms with van der Waals surface area (Å²) in [6.45, 7) is 0.746. The zero-order valence-corrected chi connectivity index (χ0v) is 15.7. The molecule has 0 aliphatic rings. The molecule has 1 atom stereocenters. The number of hydrogen-bond donors (Lipinski definition) is 1. The van der Waals surface area contributed by atoms with Crippen LogP contribution in [0.4, 0.5) is 10.5 Å². The van der Waals surface area contributed by atoms with Gasteiger partial charge in [-0.3, -0.25) is 4.68 Å². The van der Waals surface area contributed by atoms with E-state index in [1.54, 1.807) is 11.1 Å². The van der Waals surface area contributed by atoms with Gasteiger partial charge < -0.3 is 15.1 Å². The van der Waals surface area contributed by atoms with Gasteiger partial charge in [0.1, 0.15) is 0 Å². The van der Waals surface area contributed by atoms with Crippen molar-refractivity contribution in [2.24, 2.45) is 7.05 Å². The molecule has 136 valence electrons. The third-order valence-electron chi connectivity index (χ3n) is 4.51. The van der Waals surface area contributed by atoms with E-state index in [2.05, 4.69) is 27.4 Å². The van der Waals surface area contributed by atoms with Gasteiger partial charge in [0.15, 0.2) is 0 Å². The van der Waals surface area contributed by atoms with Gasteiger partial charge in [0.25, 0.3) is 0 Å². The van der Waals surface area contributed by atoms with Crippen molar-refractivity contribution in [1.29, 1.82) is 0 Å². The van der Waals surface area contributed by atoms with Crippen LogP contribution in [0, 0.1) is 0 Å². The van der Waals surface area contributed by atoms with Crippen molar-refractivity contribution in [2.75, 3.05) is 33.0 Å². The first-order valence-corrected chi connectivity index (χ1v) is 8.61. The standard InChI is InChI=1S/C20H25N5O/c1-23(2)14-19(15-8-6-5-7-9-15)24(3)20(26)22-17-10-11-18-16(12-17)13-21-25(18)4/h5-13,19H,14H2,1-4H3,(H,22,26)/t19-/m0/s1. The van der Waals surface area contributed by atoms with Crippen LogP contribution in [-0.4, -0.2) is 53.3 Å². The highest BCUT2D eigenvalue weighted by atomic mass is 16.2. The Hall–Kier alpha value is -2.86. The normalized spacial score (nSPS) is 12.3. The van der Waals surface area contributed by atoms with E-state index in [1.807, 2.05) is 69.3 Å². The van der Waals surface area contributed by atoms with Gasteiger partial charge in [-0.25, -0.2) is 4.79 Å². The van der Waals surface area contributed by atoms with E-state index in [1.165, 1.54) is 0 Å². The average Bonchev–Trinajstić information content (AvgIpc) is 3.00. The van der Waals surface area contributed by atoms with E-state index in [4.69, 9.17) is 0 Å². The van der Waals surface area contributed by atoms with Crippen LogP contribution in [0.1, 0.15) is 11.6 Å². The molecule has 3 aromatic rings. The van der Waals surface area contributed by atoms with Crippen molar-refractivity contribution < 1.29 is 4.79 Å². The van der Waals surface area contributed by atoms with Crippen LogP contribution in [0.15, 0.2) is 54.7 Å². The summed E-state index contributed by atoms with van der Waals surface area (Å²) in [5.41, 5.74) is 2.91. The molecular formula is C20H25N5O. The lowest BCUT2D eigenvalue weighted by Crippen LogP contribution is -2.39. The molecule has 0 aliphatic heterocycles. The maximum Gasteiger partial charge on any atom is 0.322 e. The fraction of sp³-hybridized carbons (Fsp3) is 0.300. The molecule has 0 saturated carbocycles. The Morgan fingerprint density at radius 2 is 1.88 bits per heavy atom. The van der Waals surface area contributed by atoms with Crippen molar-refractivity contribution in [1.82, 2.24) is 19.6 Å². The molecule has 2 aromatic carbocycles. The second-order valence-electron chi connectivity index (χ2n) is 6.77. The number of aromatic nitrogens is 2. The Kier molecular flexibility index (Phi) is 5.23. The summed E-state index contributed by atoms with van der Waals surface area (Å²) < 4.78 is 1.82. The van der Waals surface area contributed by atoms with Gasteiger partial charge in [0.05, 0.1) is 17.8 Å². The fourth-order valence-electron chi connectivity index (χ4n) is 3.07. The minimum absolute atomic E-state index is 0.0340. The zero-order chi connectivity index (χ0) is 18.7. The molecule has 0 bridgehead atoms. The molecule has 2 amide bonds. The van der Waals surface area contributed by atoms with Crippen molar-refractivity contribution in [3.05, 3.63) is 60.3 Å². The number of amides is 2. The van der Waals surface area contributed by atoms with Gasteiger partial charge in [-0.05, 0) is 37.9 Å². The number of benzene rings is 2. The Bertz CT molecular complexity index is 888. The number of nitrogens with one attached hydrogen (secondary N) is 1. The highest BCUT2D eigenvalue weighted by Gasteiger charge is 2.22. The number of fused-ring (bicyclic) bond motifs is 1. The van der Waals surface area contributed by atoms with Crippen LogP contribution in [0.2, 0.25) is 0 Å². The largest absolute Gasteiger partial charge is 0.322 e. The topological polar surface area (TPSA) is 53.4 Å². The first kappa shape index (κ1) is 17.9. The van der Waals surface area contributed by atoms with Crippen LogP contribution >= 0.6 is 0 Å². The summed E-state index contributed by atoms with van der Waals surface area (Å²) in [4.78, 5) is 16.7. The SMILES string of the molecule is CN(C)C[C@@H](c1ccccc1)N(C)C(=O)Nc1ccc2c(cnn2C)c1. The van der Waals surface area contributed by atoms with E-state index in [0.29, 0.717) is 0 Å². The van der Waals surface area contributed by atoms with Crippen LogP contribution in [0.25, 0.3) is 10.9 Å². The molecular weight excluding hydrogens is 326 g/mol. The lowest BCUT2D eigenvalue weighted by Gasteiger charge is -2.31. The minimum Gasteiger partial charge on any atom is -0.319 e. The molecule has 26 heavy (non-hydrogen) atoms. The molecule has 0 spiro atoms. The average molecular weight is 351 g/mol. The summed E-state index contributed by atoms with van der Waals surface area (Å²) in [7, 11) is 7.76. The predicted octanol–water partition coefficient (Wildman–Crippen LogP) is 3.34. The Morgan fingerprint density at radius 3 is 2.58 bits per heavy atom. The molecule has 0 fully saturated rings. The van der Waals surface area contributed by atoms with E-state index in [0.717, 1.165) is 28.7 Å². The third kappa shape index (κ3) is 3.86. The summed E-state index contributed by atoms with van der Waals surface area (Å²) in [6.07, 6.45) is 1.80. The molecule has 0 unspecified atom stereocenters. The second kappa shape index (κ2) is 7.58. The summed E-state index contributed by atoms with van der Waals surface area (Å²) >= 11 is 0. The maximum absolute atomic E-state index is 12.8. The number of anilines is 1. The number of likely N-dealkylation sites (N-methyl/N-ethyl adjacent to an activating group) is 2. The zero-order valence-electron chi connectivity index (χ0n) is 15.7. The Morgan fingerprint density at radius 1 is 1.15 bits per heavy atom. The third-order valence-corrected chi connectivity index (χ3v) is 4.51. The van der Waals surface area contributed by atoms with Gasteiger partial charge in [-0.1, -0.05) is 30.3 Å². The molecule has 1 aromatic heterocycles. The van der Waals surface area contributed by atoms with Gasteiger partial charge in [-0.2, -0.15) is 5.10 Å². The van der Waals surface area contributed by atoms with Crippen LogP contribution in [0.5, 0.6) is 0 Å². The van der Waals surface area contributed by atoms with E-state index in [9.17, 15) is 4.79 Å². The molecule has 1 N–H and O–H groups in total. The van der Waals surface area contributed by atoms with E-state index >= 15 is 0 Å². The molecule has 3 rings (SSSR count). The molecule has 0 saturated heterocycles. The van der Waals surface area contributed by atoms with E-state index < -0.39 is 0 Å². The molecule has 6 heteroatoms. The lowest BCUT2D eigenvalue weighted by molar-refractivity contribution is 0.188. The first-order valence-electron chi connectivity index (χ1n) is 8.61. The van der Waals surface area contributed by atoms with Gasteiger partial charge in [-0.15, -0.1) is 0 Å². The predicted molar refractivity (Wildman–Crippen MR) is 105 cm³/mol. The summed E-state index contributed by atoms with van der Waals surface area (Å²) in [6, 6.07) is 15.7. The summed E-state index contributed by atoms with van der Waals surface area (Å²) in [5.74, 6) is 0. The lowest BCUT2D eigenvalue weighted by atomic mass is 10.1. The fourth-order valence-corrected chi connectivity index (χ4v) is 3.07. The van der Waals surface area contributed by atoms with Crippen LogP contribution < -0.4 is 5.32 Å². The van der Waals surface area contributed by atoms with Gasteiger partial charge in [0, 0.05) is 31.7 Å². The molecule has 1 heterocycles. The number of rotatable bonds is 5. The first-order chi connectivity index (χ1) is 12.5. The minimum atomic E-state index is -0.135. The van der Waals surface area contributed by atoms with Crippen molar-refractivity contribution in [3.63, 3.8) is 0 Å². The summed E-state index contributed by atoms with van der Waals surface area (Å²) in [5, 5.41) is 8.24. The smallest absolute Gasteiger partial charge is 0.319 e. The van der Waals surface area contributed by atoms with Crippen LogP contribution in [0.3, 0.4) is 0 Å². The van der Waals surface area contributed by atoms with E-state index in [-0.39, 0.29) is 12.1 Å². The number of carbonyl (C=O) groups is 1. The molecule has 0 radical (unpaired) electrons. The number of nitrogens with zero attached hydrogens (tertiary/aromatic N) is 4. The van der Waals surface area contributed by atoms with Gasteiger partial charge in [0.2, 0.25) is 0 Å². The van der Waals surface area contributed by atoms with Crippen molar-refractivity contribution in [3.8, 4) is 0 Å². The number of hydrogen-bond acceptors (Lipinski definition) is 3. The van der Waals surface area contributed by atoms with Crippen molar-refractivity contribution >= 4 is 22.6 Å². The van der Waals surface area contributed by atoms with Gasteiger partial charge >= 0.3 is 6.03 Å². The molecule has 0 aliphatic carbocycles. The maximum atomic E-state index is 12.8. The number of aryl methyl sites for hydroxylation is 1. The quantitative estimate of drug-likeness (QED) is 0.767. The molecule has 6 nitrogen and oxygen atoms in total.